The van der Waals surface area contributed by atoms with Gasteiger partial charge in [0.2, 0.25) is 0 Å². The molecule has 2 saturated heterocycles. The lowest BCUT2D eigenvalue weighted by atomic mass is 10.1. The highest BCUT2D eigenvalue weighted by atomic mass is 32.2. The van der Waals surface area contributed by atoms with Crippen LogP contribution in [-0.2, 0) is 14.6 Å². The first-order valence-corrected chi connectivity index (χ1v) is 10.3. The predicted molar refractivity (Wildman–Crippen MR) is 94.8 cm³/mol. The highest BCUT2D eigenvalue weighted by Gasteiger charge is 2.49. The number of carbonyl (C=O) groups excluding carboxylic acids is 1. The molecule has 0 bridgehead atoms. The zero-order valence-electron chi connectivity index (χ0n) is 13.4. The van der Waals surface area contributed by atoms with Gasteiger partial charge in [-0.2, -0.15) is 4.99 Å². The van der Waals surface area contributed by atoms with Crippen molar-refractivity contribution in [2.45, 2.75) is 32.1 Å². The first kappa shape index (κ1) is 16.5. The van der Waals surface area contributed by atoms with Crippen LogP contribution in [0.15, 0.2) is 29.3 Å². The number of fused-ring (bicyclic) bond motifs is 1. The average molecular weight is 352 g/mol. The first-order valence-electron chi connectivity index (χ1n) is 7.62. The number of amides is 1. The molecular formula is C16H20N2O3S2. The van der Waals surface area contributed by atoms with Crippen molar-refractivity contribution in [1.82, 2.24) is 0 Å². The van der Waals surface area contributed by atoms with Gasteiger partial charge in [0, 0.05) is 16.9 Å². The number of carbonyl (C=O) groups is 1. The Hall–Kier alpha value is -1.34. The van der Waals surface area contributed by atoms with E-state index in [0.717, 1.165) is 11.3 Å². The van der Waals surface area contributed by atoms with Crippen LogP contribution in [0.5, 0.6) is 0 Å². The van der Waals surface area contributed by atoms with Gasteiger partial charge >= 0.3 is 0 Å². The molecule has 0 saturated carbocycles. The lowest BCUT2D eigenvalue weighted by Crippen LogP contribution is -2.37. The molecule has 0 spiro atoms. The number of hydrogen-bond donors (Lipinski definition) is 0. The maximum absolute atomic E-state index is 12.0. The van der Waals surface area contributed by atoms with E-state index in [0.29, 0.717) is 5.17 Å². The van der Waals surface area contributed by atoms with Crippen LogP contribution < -0.4 is 4.90 Å². The summed E-state index contributed by atoms with van der Waals surface area (Å²) < 4.78 is 24.0. The molecule has 3 rings (SSSR count). The normalized spacial score (nSPS) is 27.7. The van der Waals surface area contributed by atoms with Crippen LogP contribution in [0.1, 0.15) is 19.4 Å². The molecule has 7 heteroatoms. The number of hydrogen-bond acceptors (Lipinski definition) is 4. The molecule has 2 fully saturated rings. The monoisotopic (exact) mass is 352 g/mol. The summed E-state index contributed by atoms with van der Waals surface area (Å²) in [5.74, 6) is -0.0767. The molecule has 23 heavy (non-hydrogen) atoms. The van der Waals surface area contributed by atoms with E-state index < -0.39 is 9.84 Å². The maximum atomic E-state index is 12.0. The molecule has 0 unspecified atom stereocenters. The van der Waals surface area contributed by atoms with Gasteiger partial charge in [0.1, 0.15) is 0 Å². The Labute approximate surface area is 141 Å². The number of rotatable bonds is 2. The maximum Gasteiger partial charge on any atom is 0.250 e. The fourth-order valence-corrected chi connectivity index (χ4v) is 6.79. The second kappa shape index (κ2) is 5.94. The Morgan fingerprint density at radius 1 is 1.35 bits per heavy atom. The van der Waals surface area contributed by atoms with Crippen LogP contribution in [0.25, 0.3) is 0 Å². The van der Waals surface area contributed by atoms with Gasteiger partial charge in [0.15, 0.2) is 15.0 Å². The molecule has 2 aliphatic heterocycles. The number of aryl methyl sites for hydroxylation is 1. The SMILES string of the molecule is Cc1cccc(N2C(=NC(=O)C(C)C)S[C@@H]3CS(=O)(=O)C[C@H]32)c1. The summed E-state index contributed by atoms with van der Waals surface area (Å²) in [5.41, 5.74) is 1.99. The van der Waals surface area contributed by atoms with E-state index in [2.05, 4.69) is 4.99 Å². The van der Waals surface area contributed by atoms with Crippen LogP contribution in [0.2, 0.25) is 0 Å². The van der Waals surface area contributed by atoms with Crippen LogP contribution in [0.4, 0.5) is 5.69 Å². The summed E-state index contributed by atoms with van der Waals surface area (Å²) in [6.45, 7) is 5.62. The zero-order chi connectivity index (χ0) is 16.8. The smallest absolute Gasteiger partial charge is 0.250 e. The van der Waals surface area contributed by atoms with Crippen LogP contribution >= 0.6 is 11.8 Å². The third-order valence-corrected chi connectivity index (χ3v) is 7.26. The molecule has 2 atom stereocenters. The van der Waals surface area contributed by atoms with E-state index in [1.807, 2.05) is 49.9 Å². The van der Waals surface area contributed by atoms with Crippen molar-refractivity contribution < 1.29 is 13.2 Å². The second-order valence-electron chi connectivity index (χ2n) is 6.40. The number of sulfone groups is 1. The van der Waals surface area contributed by atoms with Gasteiger partial charge in [-0.3, -0.25) is 4.79 Å². The average Bonchev–Trinajstić information content (AvgIpc) is 2.89. The largest absolute Gasteiger partial charge is 0.316 e. The summed E-state index contributed by atoms with van der Waals surface area (Å²) in [4.78, 5) is 18.2. The minimum Gasteiger partial charge on any atom is -0.316 e. The molecule has 0 aliphatic carbocycles. The summed E-state index contributed by atoms with van der Waals surface area (Å²) in [7, 11) is -3.03. The van der Waals surface area contributed by atoms with Crippen LogP contribution in [0, 0.1) is 12.8 Å². The summed E-state index contributed by atoms with van der Waals surface area (Å²) in [6.07, 6.45) is 0. The third kappa shape index (κ3) is 3.30. The molecule has 0 N–H and O–H groups in total. The molecule has 5 nitrogen and oxygen atoms in total. The van der Waals surface area contributed by atoms with Crippen molar-refractivity contribution in [2.24, 2.45) is 10.9 Å². The van der Waals surface area contributed by atoms with E-state index in [4.69, 9.17) is 0 Å². The summed E-state index contributed by atoms with van der Waals surface area (Å²) in [5, 5.41) is 0.568. The van der Waals surface area contributed by atoms with Crippen molar-refractivity contribution in [3.05, 3.63) is 29.8 Å². The number of aliphatic imine (C=N–C) groups is 1. The topological polar surface area (TPSA) is 66.8 Å². The number of amidine groups is 1. The molecule has 124 valence electrons. The van der Waals surface area contributed by atoms with E-state index in [-0.39, 0.29) is 34.6 Å². The van der Waals surface area contributed by atoms with E-state index in [9.17, 15) is 13.2 Å². The van der Waals surface area contributed by atoms with Crippen molar-refractivity contribution in [3.63, 3.8) is 0 Å². The molecule has 1 amide bonds. The molecule has 1 aromatic carbocycles. The van der Waals surface area contributed by atoms with E-state index in [1.165, 1.54) is 11.8 Å². The lowest BCUT2D eigenvalue weighted by Gasteiger charge is -2.25. The zero-order valence-corrected chi connectivity index (χ0v) is 15.0. The van der Waals surface area contributed by atoms with E-state index >= 15 is 0 Å². The Morgan fingerprint density at radius 2 is 2.09 bits per heavy atom. The highest BCUT2D eigenvalue weighted by molar-refractivity contribution is 8.16. The Morgan fingerprint density at radius 3 is 2.74 bits per heavy atom. The van der Waals surface area contributed by atoms with Gasteiger partial charge in [-0.05, 0) is 24.6 Å². The Bertz CT molecular complexity index is 771. The number of nitrogens with zero attached hydrogens (tertiary/aromatic N) is 2. The minimum absolute atomic E-state index is 0.0563. The Balaban J connectivity index is 2.02. The second-order valence-corrected chi connectivity index (χ2v) is 9.76. The van der Waals surface area contributed by atoms with E-state index in [1.54, 1.807) is 0 Å². The molecule has 0 radical (unpaired) electrons. The molecule has 0 aromatic heterocycles. The summed E-state index contributed by atoms with van der Waals surface area (Å²) >= 11 is 1.41. The van der Waals surface area contributed by atoms with Gasteiger partial charge in [-0.25, -0.2) is 8.42 Å². The van der Waals surface area contributed by atoms with Gasteiger partial charge in [-0.1, -0.05) is 37.7 Å². The molecule has 1 aromatic rings. The van der Waals surface area contributed by atoms with Gasteiger partial charge in [0.05, 0.1) is 17.5 Å². The molecular weight excluding hydrogens is 332 g/mol. The number of anilines is 1. The number of benzene rings is 1. The van der Waals surface area contributed by atoms with Crippen molar-refractivity contribution in [2.75, 3.05) is 16.4 Å². The summed E-state index contributed by atoms with van der Waals surface area (Å²) in [6, 6.07) is 7.73. The fraction of sp³-hybridized carbons (Fsp3) is 0.500. The third-order valence-electron chi connectivity index (χ3n) is 4.05. The van der Waals surface area contributed by atoms with Crippen LogP contribution in [0.3, 0.4) is 0 Å². The van der Waals surface area contributed by atoms with Crippen molar-refractivity contribution in [1.29, 1.82) is 0 Å². The molecule has 2 heterocycles. The predicted octanol–water partition coefficient (Wildman–Crippen LogP) is 2.25. The van der Waals surface area contributed by atoms with Crippen molar-refractivity contribution in [3.8, 4) is 0 Å². The van der Waals surface area contributed by atoms with Crippen LogP contribution in [-0.4, -0.2) is 42.3 Å². The van der Waals surface area contributed by atoms with Gasteiger partial charge in [0.25, 0.3) is 5.91 Å². The minimum atomic E-state index is -3.03. The lowest BCUT2D eigenvalue weighted by molar-refractivity contribution is -0.120. The standard InChI is InChI=1S/C16H20N2O3S2/c1-10(2)15(19)17-16-18(12-6-4-5-11(3)7-12)13-8-23(20,21)9-14(13)22-16/h4-7,10,13-14H,8-9H2,1-3H3/t13-,14-/m1/s1. The first-order chi connectivity index (χ1) is 10.8. The molecule has 2 aliphatic rings. The van der Waals surface area contributed by atoms with Gasteiger partial charge < -0.3 is 4.90 Å². The van der Waals surface area contributed by atoms with Crippen molar-refractivity contribution >= 4 is 38.4 Å². The van der Waals surface area contributed by atoms with Gasteiger partial charge in [-0.15, -0.1) is 0 Å². The highest BCUT2D eigenvalue weighted by Crippen LogP contribution is 2.41. The fourth-order valence-electron chi connectivity index (χ4n) is 2.87. The number of thioether (sulfide) groups is 1. The quantitative estimate of drug-likeness (QED) is 0.817. The Kier molecular flexibility index (Phi) is 4.27.